The molecule has 0 bridgehead atoms. The first-order chi connectivity index (χ1) is 13.5. The van der Waals surface area contributed by atoms with Gasteiger partial charge in [-0.1, -0.05) is 30.0 Å². The number of benzene rings is 2. The fourth-order valence-electron chi connectivity index (χ4n) is 2.60. The molecule has 1 heterocycles. The van der Waals surface area contributed by atoms with E-state index in [0.29, 0.717) is 18.8 Å². The maximum Gasteiger partial charge on any atom is 0.313 e. The lowest BCUT2D eigenvalue weighted by Gasteiger charge is -2.17. The van der Waals surface area contributed by atoms with Gasteiger partial charge in [-0.3, -0.25) is 14.3 Å². The van der Waals surface area contributed by atoms with Crippen molar-refractivity contribution in [2.75, 3.05) is 18.9 Å². The topological polar surface area (TPSA) is 67.2 Å². The van der Waals surface area contributed by atoms with E-state index in [9.17, 15) is 9.59 Å². The van der Waals surface area contributed by atoms with Crippen molar-refractivity contribution in [3.63, 3.8) is 0 Å². The highest BCUT2D eigenvalue weighted by atomic mass is 32.2. The van der Waals surface area contributed by atoms with Gasteiger partial charge in [-0.15, -0.1) is 0 Å². The van der Waals surface area contributed by atoms with E-state index >= 15 is 0 Å². The fourth-order valence-corrected chi connectivity index (χ4v) is 3.54. The number of nitrogens with one attached hydrogen (secondary N) is 1. The molecule has 1 N–H and O–H groups in total. The van der Waals surface area contributed by atoms with E-state index in [2.05, 4.69) is 10.4 Å². The third-order valence-electron chi connectivity index (χ3n) is 4.19. The van der Waals surface area contributed by atoms with Gasteiger partial charge in [0, 0.05) is 41.5 Å². The molecule has 0 saturated heterocycles. The van der Waals surface area contributed by atoms with Crippen LogP contribution in [0, 0.1) is 6.92 Å². The number of carbonyl (C=O) groups excluding carboxylic acids is 2. The minimum absolute atomic E-state index is 0.402. The van der Waals surface area contributed by atoms with E-state index in [4.69, 9.17) is 0 Å². The number of hydrogen-bond donors (Lipinski definition) is 1. The second-order valence-corrected chi connectivity index (χ2v) is 7.49. The average molecular weight is 395 g/mol. The van der Waals surface area contributed by atoms with Crippen LogP contribution in [0.15, 0.2) is 76.8 Å². The van der Waals surface area contributed by atoms with E-state index in [1.54, 1.807) is 29.7 Å². The monoisotopic (exact) mass is 394 g/mol. The lowest BCUT2D eigenvalue weighted by atomic mass is 10.2. The average Bonchev–Trinajstić information content (AvgIpc) is 3.22. The third kappa shape index (κ3) is 5.23. The number of amides is 2. The van der Waals surface area contributed by atoms with Crippen LogP contribution in [-0.2, 0) is 16.1 Å². The number of rotatable bonds is 6. The Bertz CT molecular complexity index is 942. The van der Waals surface area contributed by atoms with Crippen molar-refractivity contribution in [3.05, 3.63) is 72.6 Å². The Morgan fingerprint density at radius 1 is 1.11 bits per heavy atom. The molecule has 2 amide bonds. The summed E-state index contributed by atoms with van der Waals surface area (Å²) in [6.07, 6.45) is 3.49. The molecule has 0 aliphatic rings. The second-order valence-electron chi connectivity index (χ2n) is 6.34. The molecule has 144 valence electrons. The maximum atomic E-state index is 12.3. The fraction of sp³-hybridized carbons (Fsp3) is 0.190. The van der Waals surface area contributed by atoms with Crippen LogP contribution in [0.5, 0.6) is 0 Å². The van der Waals surface area contributed by atoms with Crippen molar-refractivity contribution in [2.24, 2.45) is 0 Å². The molecule has 0 aliphatic carbocycles. The number of anilines is 1. The van der Waals surface area contributed by atoms with Crippen LogP contribution in [0.4, 0.5) is 5.69 Å². The zero-order chi connectivity index (χ0) is 19.9. The Hall–Kier alpha value is -3.06. The molecule has 7 heteroatoms. The first-order valence-corrected chi connectivity index (χ1v) is 9.72. The third-order valence-corrected chi connectivity index (χ3v) is 5.19. The molecule has 0 saturated carbocycles. The number of aryl methyl sites for hydroxylation is 1. The summed E-state index contributed by atoms with van der Waals surface area (Å²) < 4.78 is 1.72. The molecular formula is C21H22N4O2S. The highest BCUT2D eigenvalue weighted by Gasteiger charge is 2.19. The van der Waals surface area contributed by atoms with Crippen LogP contribution in [-0.4, -0.2) is 40.1 Å². The van der Waals surface area contributed by atoms with Crippen LogP contribution in [0.3, 0.4) is 0 Å². The molecule has 0 radical (unpaired) electrons. The number of hydrogen-bond acceptors (Lipinski definition) is 4. The summed E-state index contributed by atoms with van der Waals surface area (Å²) in [4.78, 5) is 28.2. The molecule has 0 spiro atoms. The van der Waals surface area contributed by atoms with Gasteiger partial charge in [-0.2, -0.15) is 5.10 Å². The first kappa shape index (κ1) is 19.7. The van der Waals surface area contributed by atoms with E-state index in [1.807, 2.05) is 67.7 Å². The zero-order valence-electron chi connectivity index (χ0n) is 15.8. The number of likely N-dealkylation sites (N-methyl/N-ethyl adjacent to an activating group) is 1. The molecule has 1 aromatic heterocycles. The second kappa shape index (κ2) is 9.23. The highest BCUT2D eigenvalue weighted by molar-refractivity contribution is 7.99. The van der Waals surface area contributed by atoms with Gasteiger partial charge in [0.1, 0.15) is 0 Å². The van der Waals surface area contributed by atoms with Crippen molar-refractivity contribution in [1.29, 1.82) is 0 Å². The minimum Gasteiger partial charge on any atom is -0.336 e. The van der Waals surface area contributed by atoms with Gasteiger partial charge in [0.2, 0.25) is 0 Å². The van der Waals surface area contributed by atoms with Crippen molar-refractivity contribution in [3.8, 4) is 0 Å². The molecule has 3 rings (SSSR count). The van der Waals surface area contributed by atoms with Gasteiger partial charge in [0.05, 0.1) is 6.54 Å². The molecule has 0 fully saturated rings. The van der Waals surface area contributed by atoms with Crippen LogP contribution in [0.1, 0.15) is 5.56 Å². The SMILES string of the molecule is Cc1cc(Sc2ccccc2)ccc1NC(=O)C(=O)N(C)CCn1cccn1. The predicted octanol–water partition coefficient (Wildman–Crippen LogP) is 3.44. The van der Waals surface area contributed by atoms with Crippen LogP contribution in [0.25, 0.3) is 0 Å². The molecule has 28 heavy (non-hydrogen) atoms. The van der Waals surface area contributed by atoms with Crippen molar-refractivity contribution < 1.29 is 9.59 Å². The van der Waals surface area contributed by atoms with Gasteiger partial charge < -0.3 is 10.2 Å². The summed E-state index contributed by atoms with van der Waals surface area (Å²) in [6, 6.07) is 17.7. The largest absolute Gasteiger partial charge is 0.336 e. The van der Waals surface area contributed by atoms with Crippen molar-refractivity contribution in [2.45, 2.75) is 23.3 Å². The van der Waals surface area contributed by atoms with Gasteiger partial charge >= 0.3 is 11.8 Å². The Labute approximate surface area is 168 Å². The van der Waals surface area contributed by atoms with Gasteiger partial charge in [0.15, 0.2) is 0 Å². The molecule has 0 unspecified atom stereocenters. The maximum absolute atomic E-state index is 12.3. The minimum atomic E-state index is -0.644. The summed E-state index contributed by atoms with van der Waals surface area (Å²) in [5, 5.41) is 6.80. The first-order valence-electron chi connectivity index (χ1n) is 8.90. The molecule has 2 aromatic carbocycles. The van der Waals surface area contributed by atoms with Gasteiger partial charge in [-0.25, -0.2) is 0 Å². The number of carbonyl (C=O) groups is 2. The Morgan fingerprint density at radius 3 is 2.57 bits per heavy atom. The lowest BCUT2D eigenvalue weighted by molar-refractivity contribution is -0.142. The quantitative estimate of drug-likeness (QED) is 0.651. The van der Waals surface area contributed by atoms with E-state index in [1.165, 1.54) is 4.90 Å². The van der Waals surface area contributed by atoms with Crippen molar-refractivity contribution in [1.82, 2.24) is 14.7 Å². The molecular weight excluding hydrogens is 372 g/mol. The molecule has 6 nitrogen and oxygen atoms in total. The van der Waals surface area contributed by atoms with E-state index in [0.717, 1.165) is 15.4 Å². The normalized spacial score (nSPS) is 10.5. The summed E-state index contributed by atoms with van der Waals surface area (Å²) >= 11 is 1.65. The Balaban J connectivity index is 1.57. The summed E-state index contributed by atoms with van der Waals surface area (Å²) in [5.74, 6) is -1.22. The standard InChI is InChI=1S/C21H22N4O2S/c1-16-15-18(28-17-7-4-3-5-8-17)9-10-19(16)23-20(26)21(27)24(2)13-14-25-12-6-11-22-25/h3-12,15H,13-14H2,1-2H3,(H,23,26). The van der Waals surface area contributed by atoms with Gasteiger partial charge in [-0.05, 0) is 48.9 Å². The number of nitrogens with zero attached hydrogens (tertiary/aromatic N) is 3. The summed E-state index contributed by atoms with van der Waals surface area (Å²) in [5.41, 5.74) is 1.54. The van der Waals surface area contributed by atoms with Crippen LogP contribution in [0.2, 0.25) is 0 Å². The number of aromatic nitrogens is 2. The molecule has 0 atom stereocenters. The Kier molecular flexibility index (Phi) is 6.49. The summed E-state index contributed by atoms with van der Waals surface area (Å²) in [6.45, 7) is 2.85. The lowest BCUT2D eigenvalue weighted by Crippen LogP contribution is -2.38. The van der Waals surface area contributed by atoms with Crippen molar-refractivity contribution >= 4 is 29.3 Å². The van der Waals surface area contributed by atoms with E-state index < -0.39 is 11.8 Å². The van der Waals surface area contributed by atoms with Crippen LogP contribution < -0.4 is 5.32 Å². The molecule has 0 aliphatic heterocycles. The molecule has 3 aromatic rings. The van der Waals surface area contributed by atoms with Crippen LogP contribution >= 0.6 is 11.8 Å². The predicted molar refractivity (Wildman–Crippen MR) is 110 cm³/mol. The highest BCUT2D eigenvalue weighted by Crippen LogP contribution is 2.30. The zero-order valence-corrected chi connectivity index (χ0v) is 16.6. The van der Waals surface area contributed by atoms with Gasteiger partial charge in [0.25, 0.3) is 0 Å². The smallest absolute Gasteiger partial charge is 0.313 e. The Morgan fingerprint density at radius 2 is 1.89 bits per heavy atom. The summed E-state index contributed by atoms with van der Waals surface area (Å²) in [7, 11) is 1.61. The van der Waals surface area contributed by atoms with E-state index in [-0.39, 0.29) is 0 Å².